The third kappa shape index (κ3) is 3.61. The zero-order valence-corrected chi connectivity index (χ0v) is 12.6. The van der Waals surface area contributed by atoms with Crippen LogP contribution in [0.4, 0.5) is 0 Å². The third-order valence-electron chi connectivity index (χ3n) is 3.73. The number of amides is 1. The minimum atomic E-state index is -0.818. The average Bonchev–Trinajstić information content (AvgIpc) is 2.93. The molecule has 0 aliphatic heterocycles. The van der Waals surface area contributed by atoms with Crippen molar-refractivity contribution in [2.24, 2.45) is 0 Å². The quantitative estimate of drug-likeness (QED) is 0.733. The Morgan fingerprint density at radius 1 is 1.33 bits per heavy atom. The van der Waals surface area contributed by atoms with Crippen LogP contribution in [0.2, 0.25) is 0 Å². The van der Waals surface area contributed by atoms with E-state index in [0.29, 0.717) is 18.4 Å². The van der Waals surface area contributed by atoms with E-state index in [1.807, 2.05) is 26.0 Å². The highest BCUT2D eigenvalue weighted by molar-refractivity contribution is 6.05. The lowest BCUT2D eigenvalue weighted by molar-refractivity contribution is 0.0213. The summed E-state index contributed by atoms with van der Waals surface area (Å²) in [6, 6.07) is 5.49. The highest BCUT2D eigenvalue weighted by Crippen LogP contribution is 2.19. The number of nitrogens with one attached hydrogen (secondary N) is 2. The van der Waals surface area contributed by atoms with Crippen molar-refractivity contribution in [3.8, 4) is 0 Å². The average molecular weight is 289 g/mol. The number of benzene rings is 1. The summed E-state index contributed by atoms with van der Waals surface area (Å²) in [7, 11) is 0. The number of rotatable bonds is 7. The van der Waals surface area contributed by atoms with E-state index in [9.17, 15) is 9.90 Å². The summed E-state index contributed by atoms with van der Waals surface area (Å²) in [6.45, 7) is 4.35. The van der Waals surface area contributed by atoms with Crippen LogP contribution in [-0.2, 0) is 0 Å². The van der Waals surface area contributed by atoms with E-state index >= 15 is 0 Å². The number of fused-ring (bicyclic) bond motifs is 1. The third-order valence-corrected chi connectivity index (χ3v) is 3.73. The Morgan fingerprint density at radius 2 is 2.05 bits per heavy atom. The molecule has 1 aromatic heterocycles. The first-order valence-electron chi connectivity index (χ1n) is 7.52. The van der Waals surface area contributed by atoms with Gasteiger partial charge >= 0.3 is 0 Å². The molecule has 3 N–H and O–H groups in total. The number of aromatic amines is 1. The summed E-state index contributed by atoms with van der Waals surface area (Å²) in [5.74, 6) is -0.185. The Bertz CT molecular complexity index is 600. The van der Waals surface area contributed by atoms with E-state index in [0.717, 1.165) is 23.7 Å². The topological polar surface area (TPSA) is 78.0 Å². The van der Waals surface area contributed by atoms with Gasteiger partial charge in [0.05, 0.1) is 22.9 Å². The molecular weight excluding hydrogens is 266 g/mol. The van der Waals surface area contributed by atoms with Gasteiger partial charge in [-0.2, -0.15) is 5.10 Å². The maximum Gasteiger partial charge on any atom is 0.253 e. The van der Waals surface area contributed by atoms with Crippen LogP contribution in [0, 0.1) is 0 Å². The SMILES string of the molecule is CCCC(O)(CCC)CNC(=O)c1cccc2cn[nH]c12. The van der Waals surface area contributed by atoms with Gasteiger partial charge in [0.2, 0.25) is 0 Å². The molecule has 0 fully saturated rings. The number of carbonyl (C=O) groups is 1. The molecule has 0 bridgehead atoms. The molecule has 0 saturated heterocycles. The van der Waals surface area contributed by atoms with E-state index in [1.165, 1.54) is 0 Å². The van der Waals surface area contributed by atoms with Crippen LogP contribution in [0.1, 0.15) is 49.9 Å². The molecule has 1 amide bonds. The number of hydrogen-bond acceptors (Lipinski definition) is 3. The Balaban J connectivity index is 2.09. The molecule has 114 valence electrons. The lowest BCUT2D eigenvalue weighted by Crippen LogP contribution is -2.42. The normalized spacial score (nSPS) is 11.8. The van der Waals surface area contributed by atoms with Crippen LogP contribution >= 0.6 is 0 Å². The minimum Gasteiger partial charge on any atom is -0.388 e. The highest BCUT2D eigenvalue weighted by Gasteiger charge is 2.25. The molecule has 0 spiro atoms. The van der Waals surface area contributed by atoms with Crippen LogP contribution < -0.4 is 5.32 Å². The van der Waals surface area contributed by atoms with Crippen molar-refractivity contribution in [2.45, 2.75) is 45.1 Å². The molecule has 0 atom stereocenters. The molecule has 21 heavy (non-hydrogen) atoms. The summed E-state index contributed by atoms with van der Waals surface area (Å²) < 4.78 is 0. The maximum atomic E-state index is 12.3. The summed E-state index contributed by atoms with van der Waals surface area (Å²) in [5.41, 5.74) is 0.464. The molecule has 5 heteroatoms. The molecule has 0 unspecified atom stereocenters. The molecule has 2 aromatic rings. The number of aromatic nitrogens is 2. The Labute approximate surface area is 124 Å². The van der Waals surface area contributed by atoms with Crippen molar-refractivity contribution in [3.05, 3.63) is 30.0 Å². The first-order valence-corrected chi connectivity index (χ1v) is 7.52. The number of H-pyrrole nitrogens is 1. The first kappa shape index (κ1) is 15.5. The lowest BCUT2D eigenvalue weighted by atomic mass is 9.92. The maximum absolute atomic E-state index is 12.3. The van der Waals surface area contributed by atoms with Crippen molar-refractivity contribution >= 4 is 16.8 Å². The monoisotopic (exact) mass is 289 g/mol. The Hall–Kier alpha value is -1.88. The number of aliphatic hydroxyl groups is 1. The molecule has 0 radical (unpaired) electrons. The summed E-state index contributed by atoms with van der Waals surface area (Å²) in [6.07, 6.45) is 4.85. The predicted molar refractivity (Wildman–Crippen MR) is 83.2 cm³/mol. The van der Waals surface area contributed by atoms with E-state index in [-0.39, 0.29) is 12.5 Å². The predicted octanol–water partition coefficient (Wildman–Crippen LogP) is 2.62. The molecule has 0 aliphatic rings. The summed E-state index contributed by atoms with van der Waals surface area (Å²) in [5, 5.41) is 21.1. The van der Waals surface area contributed by atoms with Gasteiger partial charge in [-0.05, 0) is 18.9 Å². The van der Waals surface area contributed by atoms with Gasteiger partial charge in [0, 0.05) is 11.9 Å². The van der Waals surface area contributed by atoms with Crippen LogP contribution in [0.5, 0.6) is 0 Å². The van der Waals surface area contributed by atoms with Gasteiger partial charge in [-0.3, -0.25) is 9.89 Å². The van der Waals surface area contributed by atoms with Gasteiger partial charge in [-0.1, -0.05) is 38.8 Å². The van der Waals surface area contributed by atoms with Crippen LogP contribution in [0.15, 0.2) is 24.4 Å². The standard InChI is InChI=1S/C16H23N3O2/c1-3-8-16(21,9-4-2)11-17-15(20)13-7-5-6-12-10-18-19-14(12)13/h5-7,10,21H,3-4,8-9,11H2,1-2H3,(H,17,20)(H,18,19). The van der Waals surface area contributed by atoms with Crippen molar-refractivity contribution in [1.29, 1.82) is 0 Å². The summed E-state index contributed by atoms with van der Waals surface area (Å²) in [4.78, 5) is 12.3. The van der Waals surface area contributed by atoms with E-state index < -0.39 is 5.60 Å². The largest absolute Gasteiger partial charge is 0.388 e. The van der Waals surface area contributed by atoms with E-state index in [1.54, 1.807) is 12.3 Å². The molecule has 1 heterocycles. The molecule has 0 saturated carbocycles. The smallest absolute Gasteiger partial charge is 0.253 e. The van der Waals surface area contributed by atoms with Crippen LogP contribution in [-0.4, -0.2) is 33.4 Å². The molecule has 5 nitrogen and oxygen atoms in total. The Morgan fingerprint density at radius 3 is 2.71 bits per heavy atom. The second-order valence-corrected chi connectivity index (χ2v) is 5.55. The first-order chi connectivity index (χ1) is 10.1. The van der Waals surface area contributed by atoms with Crippen molar-refractivity contribution in [2.75, 3.05) is 6.54 Å². The molecular formula is C16H23N3O2. The second-order valence-electron chi connectivity index (χ2n) is 5.55. The number of nitrogens with zero attached hydrogens (tertiary/aromatic N) is 1. The van der Waals surface area contributed by atoms with Gasteiger partial charge in [0.15, 0.2) is 0 Å². The fourth-order valence-corrected chi connectivity index (χ4v) is 2.73. The number of carbonyl (C=O) groups excluding carboxylic acids is 1. The fraction of sp³-hybridized carbons (Fsp3) is 0.500. The number of para-hydroxylation sites is 1. The lowest BCUT2D eigenvalue weighted by Gasteiger charge is -2.27. The summed E-state index contributed by atoms with van der Waals surface area (Å²) >= 11 is 0. The zero-order valence-electron chi connectivity index (χ0n) is 12.6. The molecule has 2 rings (SSSR count). The van der Waals surface area contributed by atoms with Gasteiger partial charge in [0.1, 0.15) is 0 Å². The van der Waals surface area contributed by atoms with Gasteiger partial charge < -0.3 is 10.4 Å². The van der Waals surface area contributed by atoms with Crippen LogP contribution in [0.3, 0.4) is 0 Å². The highest BCUT2D eigenvalue weighted by atomic mass is 16.3. The number of hydrogen-bond donors (Lipinski definition) is 3. The van der Waals surface area contributed by atoms with Gasteiger partial charge in [0.25, 0.3) is 5.91 Å². The van der Waals surface area contributed by atoms with Gasteiger partial charge in [-0.15, -0.1) is 0 Å². The van der Waals surface area contributed by atoms with Crippen molar-refractivity contribution in [1.82, 2.24) is 15.5 Å². The second kappa shape index (κ2) is 6.72. The van der Waals surface area contributed by atoms with Crippen LogP contribution in [0.25, 0.3) is 10.9 Å². The van der Waals surface area contributed by atoms with Crippen molar-refractivity contribution in [3.63, 3.8) is 0 Å². The van der Waals surface area contributed by atoms with Gasteiger partial charge in [-0.25, -0.2) is 0 Å². The fourth-order valence-electron chi connectivity index (χ4n) is 2.73. The van der Waals surface area contributed by atoms with Crippen molar-refractivity contribution < 1.29 is 9.90 Å². The Kier molecular flexibility index (Phi) is 4.96. The van der Waals surface area contributed by atoms with E-state index in [2.05, 4.69) is 15.5 Å². The molecule has 0 aliphatic carbocycles. The zero-order chi connectivity index (χ0) is 15.3. The minimum absolute atomic E-state index is 0.185. The van der Waals surface area contributed by atoms with E-state index in [4.69, 9.17) is 0 Å². The molecule has 1 aromatic carbocycles.